The van der Waals surface area contributed by atoms with Gasteiger partial charge in [-0.25, -0.2) is 4.98 Å². The third-order valence-electron chi connectivity index (χ3n) is 3.00. The third kappa shape index (κ3) is 3.42. The lowest BCUT2D eigenvalue weighted by atomic mass is 10.1. The van der Waals surface area contributed by atoms with Crippen LogP contribution >= 0.6 is 0 Å². The Balaban J connectivity index is 2.33. The second-order valence-corrected chi connectivity index (χ2v) is 4.27. The third-order valence-corrected chi connectivity index (χ3v) is 3.00. The van der Waals surface area contributed by atoms with Gasteiger partial charge in [-0.3, -0.25) is 4.79 Å². The summed E-state index contributed by atoms with van der Waals surface area (Å²) in [4.78, 5) is 20.4. The summed E-state index contributed by atoms with van der Waals surface area (Å²) in [5.74, 6) is 0.568. The summed E-state index contributed by atoms with van der Waals surface area (Å²) in [6, 6.07) is 5.15. The number of methoxy groups -OCH3 is 4. The van der Waals surface area contributed by atoms with E-state index >= 15 is 0 Å². The van der Waals surface area contributed by atoms with Crippen LogP contribution in [0.4, 0.5) is 5.69 Å². The fourth-order valence-corrected chi connectivity index (χ4v) is 1.95. The quantitative estimate of drug-likeness (QED) is 0.867. The molecule has 0 aliphatic rings. The molecule has 0 aliphatic carbocycles. The van der Waals surface area contributed by atoms with Gasteiger partial charge in [0.2, 0.25) is 5.88 Å². The van der Waals surface area contributed by atoms with Crippen molar-refractivity contribution in [1.82, 2.24) is 9.97 Å². The minimum absolute atomic E-state index is 0.138. The van der Waals surface area contributed by atoms with Crippen molar-refractivity contribution >= 4 is 11.6 Å². The first-order valence-electron chi connectivity index (χ1n) is 6.62. The first-order chi connectivity index (χ1) is 11.1. The maximum absolute atomic E-state index is 12.5. The van der Waals surface area contributed by atoms with Gasteiger partial charge in [-0.05, 0) is 12.1 Å². The van der Waals surface area contributed by atoms with Gasteiger partial charge in [-0.15, -0.1) is 0 Å². The van der Waals surface area contributed by atoms with E-state index in [1.165, 1.54) is 34.6 Å². The van der Waals surface area contributed by atoms with E-state index in [0.717, 1.165) is 0 Å². The Hall–Kier alpha value is -3.03. The number of para-hydroxylation sites is 1. The second kappa shape index (κ2) is 7.30. The van der Waals surface area contributed by atoms with Gasteiger partial charge in [0.05, 0.1) is 40.2 Å². The van der Waals surface area contributed by atoms with Crippen LogP contribution < -0.4 is 24.3 Å². The normalized spacial score (nSPS) is 9.91. The number of hydrogen-bond donors (Lipinski definition) is 1. The fourth-order valence-electron chi connectivity index (χ4n) is 1.95. The summed E-state index contributed by atoms with van der Waals surface area (Å²) in [6.07, 6.45) is 1.40. The van der Waals surface area contributed by atoms with Crippen LogP contribution in [0.15, 0.2) is 24.4 Å². The minimum atomic E-state index is -0.409. The van der Waals surface area contributed by atoms with Gasteiger partial charge in [-0.2, -0.15) is 4.98 Å². The maximum Gasteiger partial charge on any atom is 0.319 e. The minimum Gasteiger partial charge on any atom is -0.493 e. The average molecular weight is 319 g/mol. The molecular formula is C15H17N3O5. The van der Waals surface area contributed by atoms with E-state index in [-0.39, 0.29) is 11.9 Å². The molecule has 0 saturated carbocycles. The predicted octanol–water partition coefficient (Wildman–Crippen LogP) is 1.76. The van der Waals surface area contributed by atoms with Crippen molar-refractivity contribution in [3.05, 3.63) is 30.0 Å². The van der Waals surface area contributed by atoms with Crippen LogP contribution in [0.1, 0.15) is 10.4 Å². The lowest BCUT2D eigenvalue weighted by Crippen LogP contribution is -2.15. The van der Waals surface area contributed by atoms with E-state index in [0.29, 0.717) is 22.7 Å². The Morgan fingerprint density at radius 2 is 1.83 bits per heavy atom. The van der Waals surface area contributed by atoms with Gasteiger partial charge in [0.1, 0.15) is 5.69 Å². The van der Waals surface area contributed by atoms with Crippen molar-refractivity contribution in [1.29, 1.82) is 0 Å². The molecule has 0 radical (unpaired) electrons. The molecule has 0 atom stereocenters. The first kappa shape index (κ1) is 16.3. The monoisotopic (exact) mass is 319 g/mol. The Morgan fingerprint density at radius 3 is 2.43 bits per heavy atom. The van der Waals surface area contributed by atoms with Gasteiger partial charge in [0, 0.05) is 0 Å². The van der Waals surface area contributed by atoms with E-state index in [9.17, 15) is 4.79 Å². The molecule has 2 aromatic rings. The average Bonchev–Trinajstić information content (AvgIpc) is 2.60. The first-order valence-corrected chi connectivity index (χ1v) is 6.62. The summed E-state index contributed by atoms with van der Waals surface area (Å²) < 4.78 is 20.5. The highest BCUT2D eigenvalue weighted by Crippen LogP contribution is 2.32. The van der Waals surface area contributed by atoms with Crippen LogP contribution in [-0.2, 0) is 0 Å². The van der Waals surface area contributed by atoms with Gasteiger partial charge in [0.25, 0.3) is 5.91 Å². The predicted molar refractivity (Wildman–Crippen MR) is 82.6 cm³/mol. The number of aromatic nitrogens is 2. The smallest absolute Gasteiger partial charge is 0.319 e. The van der Waals surface area contributed by atoms with Crippen LogP contribution in [0.5, 0.6) is 23.4 Å². The number of benzene rings is 1. The molecule has 0 aliphatic heterocycles. The van der Waals surface area contributed by atoms with Crippen LogP contribution in [0.3, 0.4) is 0 Å². The molecule has 2 rings (SSSR count). The SMILES string of the molecule is COc1ncc(NC(=O)c2cccc(OC)c2OC)c(OC)n1. The molecule has 1 N–H and O–H groups in total. The number of anilines is 1. The van der Waals surface area contributed by atoms with Gasteiger partial charge >= 0.3 is 6.01 Å². The number of hydrogen-bond acceptors (Lipinski definition) is 7. The number of ether oxygens (including phenoxy) is 4. The van der Waals surface area contributed by atoms with E-state index in [2.05, 4.69) is 15.3 Å². The molecule has 0 saturated heterocycles. The van der Waals surface area contributed by atoms with E-state index in [4.69, 9.17) is 18.9 Å². The molecule has 0 unspecified atom stereocenters. The molecule has 1 heterocycles. The van der Waals surface area contributed by atoms with Gasteiger partial charge in [-0.1, -0.05) is 6.07 Å². The summed E-state index contributed by atoms with van der Waals surface area (Å²) in [6.45, 7) is 0. The van der Waals surface area contributed by atoms with Crippen molar-refractivity contribution in [2.45, 2.75) is 0 Å². The second-order valence-electron chi connectivity index (χ2n) is 4.27. The van der Waals surface area contributed by atoms with Gasteiger partial charge in [0.15, 0.2) is 11.5 Å². The fraction of sp³-hybridized carbons (Fsp3) is 0.267. The summed E-state index contributed by atoms with van der Waals surface area (Å²) in [5, 5.41) is 2.68. The van der Waals surface area contributed by atoms with Gasteiger partial charge < -0.3 is 24.3 Å². The zero-order valence-corrected chi connectivity index (χ0v) is 13.2. The van der Waals surface area contributed by atoms with Crippen molar-refractivity contribution < 1.29 is 23.7 Å². The molecule has 1 aromatic carbocycles. The Bertz CT molecular complexity index is 706. The summed E-state index contributed by atoms with van der Waals surface area (Å²) >= 11 is 0. The Labute approximate surface area is 133 Å². The molecule has 1 amide bonds. The highest BCUT2D eigenvalue weighted by molar-refractivity contribution is 6.07. The van der Waals surface area contributed by atoms with Crippen LogP contribution in [-0.4, -0.2) is 44.3 Å². The molecule has 0 bridgehead atoms. The molecule has 0 spiro atoms. The number of nitrogens with zero attached hydrogens (tertiary/aromatic N) is 2. The zero-order valence-electron chi connectivity index (χ0n) is 13.2. The molecule has 8 heteroatoms. The molecule has 1 aromatic heterocycles. The molecule has 0 fully saturated rings. The van der Waals surface area contributed by atoms with Crippen LogP contribution in [0.2, 0.25) is 0 Å². The number of carbonyl (C=O) groups excluding carboxylic acids is 1. The molecule has 23 heavy (non-hydrogen) atoms. The number of carbonyl (C=O) groups is 1. The van der Waals surface area contributed by atoms with Crippen LogP contribution in [0.25, 0.3) is 0 Å². The standard InChI is InChI=1S/C15H17N3O5/c1-20-11-7-5-6-9(12(11)21-2)13(19)17-10-8-16-15(23-4)18-14(10)22-3/h5-8H,1-4H3,(H,17,19). The summed E-state index contributed by atoms with van der Waals surface area (Å²) in [5.41, 5.74) is 0.618. The van der Waals surface area contributed by atoms with E-state index in [1.807, 2.05) is 0 Å². The largest absolute Gasteiger partial charge is 0.493 e. The maximum atomic E-state index is 12.5. The molecule has 122 valence electrons. The Kier molecular flexibility index (Phi) is 5.19. The zero-order chi connectivity index (χ0) is 16.8. The summed E-state index contributed by atoms with van der Waals surface area (Å²) in [7, 11) is 5.84. The van der Waals surface area contributed by atoms with Crippen molar-refractivity contribution in [3.63, 3.8) is 0 Å². The number of rotatable bonds is 6. The molecular weight excluding hydrogens is 302 g/mol. The lowest BCUT2D eigenvalue weighted by Gasteiger charge is -2.13. The highest BCUT2D eigenvalue weighted by atomic mass is 16.5. The van der Waals surface area contributed by atoms with Crippen molar-refractivity contribution in [2.75, 3.05) is 33.8 Å². The molecule has 8 nitrogen and oxygen atoms in total. The van der Waals surface area contributed by atoms with E-state index in [1.54, 1.807) is 18.2 Å². The lowest BCUT2D eigenvalue weighted by molar-refractivity contribution is 0.102. The topological polar surface area (TPSA) is 91.8 Å². The van der Waals surface area contributed by atoms with Crippen molar-refractivity contribution in [2.24, 2.45) is 0 Å². The number of amides is 1. The number of nitrogens with one attached hydrogen (secondary N) is 1. The van der Waals surface area contributed by atoms with E-state index < -0.39 is 5.91 Å². The highest BCUT2D eigenvalue weighted by Gasteiger charge is 2.18. The Morgan fingerprint density at radius 1 is 1.04 bits per heavy atom. The van der Waals surface area contributed by atoms with Crippen LogP contribution in [0, 0.1) is 0 Å². The van der Waals surface area contributed by atoms with Crippen molar-refractivity contribution in [3.8, 4) is 23.4 Å².